The van der Waals surface area contributed by atoms with Crippen LogP contribution in [0.3, 0.4) is 0 Å². The second-order valence-corrected chi connectivity index (χ2v) is 19.2. The van der Waals surface area contributed by atoms with Gasteiger partial charge in [0.15, 0.2) is 0 Å². The van der Waals surface area contributed by atoms with E-state index in [-0.39, 0.29) is 11.5 Å². The van der Waals surface area contributed by atoms with E-state index in [4.69, 9.17) is 42.6 Å². The van der Waals surface area contributed by atoms with Crippen LogP contribution >= 0.6 is 0 Å². The Morgan fingerprint density at radius 3 is 0.817 bits per heavy atom. The van der Waals surface area contributed by atoms with Crippen molar-refractivity contribution in [3.8, 4) is 46.0 Å². The second-order valence-electron chi connectivity index (χ2n) is 19.2. The van der Waals surface area contributed by atoms with Gasteiger partial charge in [-0.2, -0.15) is 0 Å². The first-order valence-electron chi connectivity index (χ1n) is 27.4. The van der Waals surface area contributed by atoms with Crippen LogP contribution in [-0.2, 0) is 39.9 Å². The molecule has 1 heterocycles. The molecule has 1 aliphatic heterocycles. The number of rotatable bonds is 24. The molecule has 0 atom stereocenters. The zero-order valence-corrected chi connectivity index (χ0v) is 43.8. The molecule has 0 radical (unpaired) electrons. The van der Waals surface area contributed by atoms with E-state index in [0.29, 0.717) is 116 Å². The summed E-state index contributed by atoms with van der Waals surface area (Å²) in [6, 6.07) is 15.6. The third-order valence-corrected chi connectivity index (χ3v) is 13.1. The average Bonchev–Trinajstić information content (AvgIpc) is 3.34. The maximum atomic E-state index is 11.7. The molecule has 2 N–H and O–H groups in total. The molecule has 2 aliphatic rings. The molecule has 11 nitrogen and oxygen atoms in total. The summed E-state index contributed by atoms with van der Waals surface area (Å²) in [5, 5.41) is 23.5. The molecule has 0 aromatic heterocycles. The number of fused-ring (bicyclic) bond motifs is 6. The van der Waals surface area contributed by atoms with Crippen molar-refractivity contribution in [2.24, 2.45) is 0 Å². The molecule has 10 bridgehead atoms. The van der Waals surface area contributed by atoms with Crippen molar-refractivity contribution in [1.82, 2.24) is 0 Å². The quantitative estimate of drug-likeness (QED) is 0.0574. The Morgan fingerprint density at radius 2 is 0.563 bits per heavy atom. The lowest BCUT2D eigenvalue weighted by atomic mass is 9.90. The van der Waals surface area contributed by atoms with Crippen molar-refractivity contribution >= 4 is 0 Å². The number of phenols is 2. The normalized spacial score (nSPS) is 14.5. The molecule has 0 unspecified atom stereocenters. The van der Waals surface area contributed by atoms with E-state index >= 15 is 0 Å². The van der Waals surface area contributed by atoms with Crippen LogP contribution in [0.5, 0.6) is 46.0 Å². The standard InChI is InChI=1S/C60H86O11/c1-5-9-13-17-21-68-57-45-33-49-41-55-43-51(59(49)70-23-19-15-11-7-3)35-47-39-54(62)40-48(58(47)69-22-18-14-10-6-2)36-52-44-56(67-32-30-65-28-26-63-25-27-64-29-31-66-55)42-50(34-46(57)38-53(61)37-45)60(52)71-24-20-16-12-8-4/h37-44,61-62H,5-36H2,1-4H3. The van der Waals surface area contributed by atoms with Gasteiger partial charge in [0, 0.05) is 70.2 Å². The van der Waals surface area contributed by atoms with Gasteiger partial charge in [-0.25, -0.2) is 0 Å². The van der Waals surface area contributed by atoms with Crippen molar-refractivity contribution < 1.29 is 52.8 Å². The zero-order valence-electron chi connectivity index (χ0n) is 43.8. The summed E-state index contributed by atoms with van der Waals surface area (Å²) in [5.74, 6) is 4.70. The van der Waals surface area contributed by atoms with Crippen LogP contribution in [0.4, 0.5) is 0 Å². The first-order chi connectivity index (χ1) is 34.9. The first kappa shape index (κ1) is 55.5. The summed E-state index contributed by atoms with van der Waals surface area (Å²) in [7, 11) is 0. The smallest absolute Gasteiger partial charge is 0.126 e. The van der Waals surface area contributed by atoms with Crippen molar-refractivity contribution in [3.05, 3.63) is 93.0 Å². The van der Waals surface area contributed by atoms with Crippen LogP contribution in [-0.4, -0.2) is 89.5 Å². The van der Waals surface area contributed by atoms with E-state index in [1.165, 1.54) is 0 Å². The molecular formula is C60H86O11. The fourth-order valence-electron chi connectivity index (χ4n) is 9.49. The Bertz CT molecular complexity index is 1920. The Morgan fingerprint density at radius 1 is 0.324 bits per heavy atom. The predicted molar refractivity (Wildman–Crippen MR) is 282 cm³/mol. The highest BCUT2D eigenvalue weighted by Gasteiger charge is 2.25. The minimum atomic E-state index is 0.157. The summed E-state index contributed by atoms with van der Waals surface area (Å²) in [6.07, 6.45) is 18.6. The average molecular weight is 983 g/mol. The van der Waals surface area contributed by atoms with Gasteiger partial charge in [0.2, 0.25) is 0 Å². The van der Waals surface area contributed by atoms with Gasteiger partial charge in [0.1, 0.15) is 59.2 Å². The maximum Gasteiger partial charge on any atom is 0.126 e. The van der Waals surface area contributed by atoms with Gasteiger partial charge in [-0.3, -0.25) is 0 Å². The Hall–Kier alpha value is -4.84. The first-order valence-corrected chi connectivity index (χ1v) is 27.4. The van der Waals surface area contributed by atoms with E-state index < -0.39 is 0 Å². The highest BCUT2D eigenvalue weighted by Crippen LogP contribution is 2.43. The number of hydrogen-bond donors (Lipinski definition) is 2. The summed E-state index contributed by atoms with van der Waals surface area (Å²) < 4.78 is 58.5. The molecular weight excluding hydrogens is 897 g/mol. The highest BCUT2D eigenvalue weighted by atomic mass is 16.6. The van der Waals surface area contributed by atoms with Gasteiger partial charge in [-0.1, -0.05) is 105 Å². The zero-order chi connectivity index (χ0) is 49.9. The lowest BCUT2D eigenvalue weighted by Gasteiger charge is -2.24. The fourth-order valence-corrected chi connectivity index (χ4v) is 9.49. The molecule has 6 rings (SSSR count). The summed E-state index contributed by atoms with van der Waals surface area (Å²) in [6.45, 7) is 14.2. The lowest BCUT2D eigenvalue weighted by molar-refractivity contribution is 0.00497. The number of unbranched alkanes of at least 4 members (excludes halogenated alkanes) is 12. The predicted octanol–water partition coefficient (Wildman–Crippen LogP) is 13.4. The number of ether oxygens (including phenoxy) is 9. The third kappa shape index (κ3) is 18.3. The summed E-state index contributed by atoms with van der Waals surface area (Å²) >= 11 is 0. The molecule has 0 spiro atoms. The largest absolute Gasteiger partial charge is 0.508 e. The number of phenolic OH excluding ortho intramolecular Hbond substituents is 2. The van der Waals surface area contributed by atoms with Gasteiger partial charge in [-0.05, 0) is 74.2 Å². The molecule has 0 saturated carbocycles. The van der Waals surface area contributed by atoms with Gasteiger partial charge in [0.05, 0.1) is 66.1 Å². The van der Waals surface area contributed by atoms with Gasteiger partial charge in [-0.15, -0.1) is 0 Å². The van der Waals surface area contributed by atoms with Crippen molar-refractivity contribution in [3.63, 3.8) is 0 Å². The SMILES string of the molecule is CCCCCCOc1c2cc(O)cc1Cc1cc3cc(c1OCCCCCC)Cc1cc(O)cc(c1OCCCCCC)Cc1cc(cc(c1OCCCCCC)C2)OCCOCCOCCOCCO3. The lowest BCUT2D eigenvalue weighted by Crippen LogP contribution is -2.15. The maximum absolute atomic E-state index is 11.7. The topological polar surface area (TPSA) is 124 Å². The molecule has 11 heteroatoms. The molecule has 4 aromatic carbocycles. The van der Waals surface area contributed by atoms with Crippen LogP contribution in [0.15, 0.2) is 48.5 Å². The highest BCUT2D eigenvalue weighted by molar-refractivity contribution is 5.60. The summed E-state index contributed by atoms with van der Waals surface area (Å²) in [5.41, 5.74) is 7.04. The number of aromatic hydroxyl groups is 2. The minimum absolute atomic E-state index is 0.157. The van der Waals surface area contributed by atoms with Crippen molar-refractivity contribution in [2.45, 2.75) is 156 Å². The number of hydrogen-bond acceptors (Lipinski definition) is 11. The Balaban J connectivity index is 1.61. The van der Waals surface area contributed by atoms with E-state index in [0.717, 1.165) is 170 Å². The Labute approximate surface area is 425 Å². The minimum Gasteiger partial charge on any atom is -0.508 e. The molecule has 0 amide bonds. The second kappa shape index (κ2) is 31.6. The van der Waals surface area contributed by atoms with E-state index in [1.54, 1.807) is 0 Å². The van der Waals surface area contributed by atoms with Crippen LogP contribution in [0.1, 0.15) is 175 Å². The van der Waals surface area contributed by atoms with Crippen molar-refractivity contribution in [2.75, 3.05) is 79.3 Å². The van der Waals surface area contributed by atoms with Crippen molar-refractivity contribution in [1.29, 1.82) is 0 Å². The number of benzene rings is 4. The van der Waals surface area contributed by atoms with E-state index in [2.05, 4.69) is 52.0 Å². The van der Waals surface area contributed by atoms with Crippen LogP contribution in [0.2, 0.25) is 0 Å². The Kier molecular flexibility index (Phi) is 24.7. The van der Waals surface area contributed by atoms with Gasteiger partial charge < -0.3 is 52.8 Å². The van der Waals surface area contributed by atoms with Crippen LogP contribution in [0, 0.1) is 0 Å². The molecule has 0 saturated heterocycles. The third-order valence-electron chi connectivity index (χ3n) is 13.1. The molecule has 0 fully saturated rings. The van der Waals surface area contributed by atoms with Crippen LogP contribution in [0.25, 0.3) is 0 Å². The molecule has 4 aromatic rings. The van der Waals surface area contributed by atoms with Gasteiger partial charge in [0.25, 0.3) is 0 Å². The molecule has 392 valence electrons. The van der Waals surface area contributed by atoms with Crippen LogP contribution < -0.4 is 28.4 Å². The van der Waals surface area contributed by atoms with E-state index in [9.17, 15) is 10.2 Å². The molecule has 71 heavy (non-hydrogen) atoms. The monoisotopic (exact) mass is 983 g/mol. The molecule has 1 aliphatic carbocycles. The summed E-state index contributed by atoms with van der Waals surface area (Å²) in [4.78, 5) is 0. The fraction of sp³-hybridized carbons (Fsp3) is 0.600. The van der Waals surface area contributed by atoms with Gasteiger partial charge >= 0.3 is 0 Å². The van der Waals surface area contributed by atoms with E-state index in [1.807, 2.05) is 24.3 Å².